The highest BCUT2D eigenvalue weighted by molar-refractivity contribution is 5.98. The molecule has 3 aliphatic rings. The number of carbonyl (C=O) groups is 1. The summed E-state index contributed by atoms with van der Waals surface area (Å²) in [6.07, 6.45) is 3.94. The number of fused-ring (bicyclic) bond motifs is 1. The molecule has 2 aromatic heterocycles. The van der Waals surface area contributed by atoms with E-state index >= 15 is 0 Å². The van der Waals surface area contributed by atoms with Crippen molar-refractivity contribution < 1.29 is 9.53 Å². The smallest absolute Gasteiger partial charge is 0.253 e. The molecule has 0 radical (unpaired) electrons. The van der Waals surface area contributed by atoms with Crippen LogP contribution in [0.2, 0.25) is 0 Å². The van der Waals surface area contributed by atoms with Crippen LogP contribution in [-0.2, 0) is 4.74 Å². The summed E-state index contributed by atoms with van der Waals surface area (Å²) in [5.41, 5.74) is 7.51. The van der Waals surface area contributed by atoms with Crippen molar-refractivity contribution in [2.45, 2.75) is 0 Å². The standard InChI is InChI=1S/C30H31N5O2/c1-33-10-12-34(13-11-33)25-8-6-21(7-9-25)24-14-26-27(16-32-28(26)31-15-24)22-2-4-23(5-3-22)29(36)35-17-30(18-35)19-37-20-30/h2-9,14-16H,10-13,17-20H2,1H3,(H,31,32). The molecule has 1 amide bonds. The molecule has 3 saturated heterocycles. The predicted molar refractivity (Wildman–Crippen MR) is 146 cm³/mol. The fraction of sp³-hybridized carbons (Fsp3) is 0.333. The molecule has 188 valence electrons. The summed E-state index contributed by atoms with van der Waals surface area (Å²) in [5, 5.41) is 1.08. The zero-order valence-electron chi connectivity index (χ0n) is 21.1. The number of hydrogen-bond acceptors (Lipinski definition) is 5. The second-order valence-electron chi connectivity index (χ2n) is 10.9. The van der Waals surface area contributed by atoms with E-state index < -0.39 is 0 Å². The number of hydrogen-bond donors (Lipinski definition) is 1. The predicted octanol–water partition coefficient (Wildman–Crippen LogP) is 4.12. The summed E-state index contributed by atoms with van der Waals surface area (Å²) in [5.74, 6) is 0.104. The van der Waals surface area contributed by atoms with Gasteiger partial charge in [-0.1, -0.05) is 24.3 Å². The highest BCUT2D eigenvalue weighted by Gasteiger charge is 2.50. The number of ether oxygens (including phenoxy) is 1. The number of likely N-dealkylation sites (N-methyl/N-ethyl adjacent to an activating group) is 1. The Morgan fingerprint density at radius 2 is 1.62 bits per heavy atom. The van der Waals surface area contributed by atoms with E-state index in [9.17, 15) is 4.79 Å². The number of aromatic nitrogens is 2. The molecule has 7 rings (SSSR count). The molecule has 4 aromatic rings. The van der Waals surface area contributed by atoms with Gasteiger partial charge in [-0.3, -0.25) is 4.79 Å². The van der Waals surface area contributed by atoms with E-state index in [0.717, 1.165) is 91.3 Å². The first-order valence-corrected chi connectivity index (χ1v) is 13.1. The molecule has 3 aliphatic heterocycles. The van der Waals surface area contributed by atoms with E-state index in [1.165, 1.54) is 5.69 Å². The van der Waals surface area contributed by atoms with Crippen LogP contribution in [0.15, 0.2) is 67.0 Å². The van der Waals surface area contributed by atoms with Crippen molar-refractivity contribution in [1.29, 1.82) is 0 Å². The van der Waals surface area contributed by atoms with Gasteiger partial charge in [-0.25, -0.2) is 4.98 Å². The second-order valence-corrected chi connectivity index (χ2v) is 10.9. The maximum atomic E-state index is 12.9. The number of benzene rings is 2. The van der Waals surface area contributed by atoms with Gasteiger partial charge in [0.15, 0.2) is 0 Å². The molecule has 5 heterocycles. The minimum Gasteiger partial charge on any atom is -0.380 e. The SMILES string of the molecule is CN1CCN(c2ccc(-c3cnc4[nH]cc(-c5ccc(C(=O)N6CC7(COC7)C6)cc5)c4c3)cc2)CC1. The molecule has 0 aliphatic carbocycles. The Balaban J connectivity index is 1.10. The zero-order valence-corrected chi connectivity index (χ0v) is 21.1. The lowest BCUT2D eigenvalue weighted by Gasteiger charge is -2.54. The van der Waals surface area contributed by atoms with Crippen molar-refractivity contribution in [2.24, 2.45) is 5.41 Å². The number of nitrogens with zero attached hydrogens (tertiary/aromatic N) is 4. The van der Waals surface area contributed by atoms with Crippen molar-refractivity contribution in [3.8, 4) is 22.3 Å². The summed E-state index contributed by atoms with van der Waals surface area (Å²) in [6, 6.07) is 19.0. The van der Waals surface area contributed by atoms with Crippen LogP contribution in [0.5, 0.6) is 0 Å². The van der Waals surface area contributed by atoms with Crippen LogP contribution < -0.4 is 4.90 Å². The van der Waals surface area contributed by atoms with E-state index in [4.69, 9.17) is 9.72 Å². The third-order valence-corrected chi connectivity index (χ3v) is 8.20. The maximum absolute atomic E-state index is 12.9. The first kappa shape index (κ1) is 22.5. The Hall–Kier alpha value is -3.68. The van der Waals surface area contributed by atoms with Crippen molar-refractivity contribution in [3.05, 3.63) is 72.6 Å². The number of piperazine rings is 1. The van der Waals surface area contributed by atoms with Crippen LogP contribution in [-0.4, -0.2) is 85.2 Å². The summed E-state index contributed by atoms with van der Waals surface area (Å²) in [4.78, 5) is 27.6. The summed E-state index contributed by atoms with van der Waals surface area (Å²) < 4.78 is 5.33. The van der Waals surface area contributed by atoms with Crippen LogP contribution in [0.1, 0.15) is 10.4 Å². The van der Waals surface area contributed by atoms with Gasteiger partial charge in [0.1, 0.15) is 5.65 Å². The lowest BCUT2D eigenvalue weighted by atomic mass is 9.78. The Bertz CT molecular complexity index is 1440. The molecule has 1 spiro atoms. The first-order chi connectivity index (χ1) is 18.1. The number of nitrogens with one attached hydrogen (secondary N) is 1. The number of carbonyl (C=O) groups excluding carboxylic acids is 1. The zero-order chi connectivity index (χ0) is 25.0. The highest BCUT2D eigenvalue weighted by Crippen LogP contribution is 2.38. The van der Waals surface area contributed by atoms with Crippen LogP contribution in [0.25, 0.3) is 33.3 Å². The maximum Gasteiger partial charge on any atom is 0.253 e. The first-order valence-electron chi connectivity index (χ1n) is 13.1. The molecule has 3 fully saturated rings. The van der Waals surface area contributed by atoms with Crippen LogP contribution in [0.3, 0.4) is 0 Å². The van der Waals surface area contributed by atoms with Crippen molar-refractivity contribution in [3.63, 3.8) is 0 Å². The number of likely N-dealkylation sites (tertiary alicyclic amines) is 1. The molecule has 0 unspecified atom stereocenters. The van der Waals surface area contributed by atoms with E-state index in [-0.39, 0.29) is 11.3 Å². The molecule has 0 saturated carbocycles. The van der Waals surface area contributed by atoms with Gasteiger partial charge in [0, 0.05) is 79.4 Å². The molecule has 37 heavy (non-hydrogen) atoms. The Labute approximate surface area is 216 Å². The van der Waals surface area contributed by atoms with Crippen LogP contribution in [0.4, 0.5) is 5.69 Å². The molecule has 7 nitrogen and oxygen atoms in total. The molecular weight excluding hydrogens is 462 g/mol. The quantitative estimate of drug-likeness (QED) is 0.463. The Morgan fingerprint density at radius 1 is 0.919 bits per heavy atom. The van der Waals surface area contributed by atoms with E-state index in [1.54, 1.807) is 0 Å². The number of H-pyrrole nitrogens is 1. The van der Waals surface area contributed by atoms with E-state index in [0.29, 0.717) is 0 Å². The van der Waals surface area contributed by atoms with Gasteiger partial charge in [-0.15, -0.1) is 0 Å². The average Bonchev–Trinajstić information content (AvgIpc) is 3.31. The third kappa shape index (κ3) is 3.99. The molecule has 0 atom stereocenters. The summed E-state index contributed by atoms with van der Waals surface area (Å²) in [7, 11) is 2.18. The van der Waals surface area contributed by atoms with Crippen molar-refractivity contribution in [2.75, 3.05) is 64.4 Å². The number of pyridine rings is 1. The number of rotatable bonds is 4. The third-order valence-electron chi connectivity index (χ3n) is 8.20. The number of amides is 1. The van der Waals surface area contributed by atoms with E-state index in [1.807, 2.05) is 41.6 Å². The Morgan fingerprint density at radius 3 is 2.30 bits per heavy atom. The van der Waals surface area contributed by atoms with Gasteiger partial charge >= 0.3 is 0 Å². The van der Waals surface area contributed by atoms with Gasteiger partial charge in [0.25, 0.3) is 5.91 Å². The lowest BCUT2D eigenvalue weighted by Crippen LogP contribution is -2.67. The minimum absolute atomic E-state index is 0.104. The fourth-order valence-corrected chi connectivity index (χ4v) is 5.78. The van der Waals surface area contributed by atoms with Crippen molar-refractivity contribution >= 4 is 22.6 Å². The molecular formula is C30H31N5O2. The lowest BCUT2D eigenvalue weighted by molar-refractivity contribution is -0.176. The van der Waals surface area contributed by atoms with Crippen molar-refractivity contribution in [1.82, 2.24) is 19.8 Å². The number of anilines is 1. The van der Waals surface area contributed by atoms with Gasteiger partial charge < -0.3 is 24.4 Å². The largest absolute Gasteiger partial charge is 0.380 e. The number of aromatic amines is 1. The van der Waals surface area contributed by atoms with Gasteiger partial charge in [0.2, 0.25) is 0 Å². The van der Waals surface area contributed by atoms with Gasteiger partial charge in [0.05, 0.1) is 18.6 Å². The van der Waals surface area contributed by atoms with E-state index in [2.05, 4.69) is 52.2 Å². The van der Waals surface area contributed by atoms with Gasteiger partial charge in [-0.05, 0) is 48.5 Å². The molecule has 1 N–H and O–H groups in total. The average molecular weight is 494 g/mol. The highest BCUT2D eigenvalue weighted by atomic mass is 16.5. The van der Waals surface area contributed by atoms with Gasteiger partial charge in [-0.2, -0.15) is 0 Å². The minimum atomic E-state index is 0.104. The van der Waals surface area contributed by atoms with Crippen LogP contribution in [0, 0.1) is 5.41 Å². The monoisotopic (exact) mass is 493 g/mol. The Kier molecular flexibility index (Phi) is 5.30. The topological polar surface area (TPSA) is 64.7 Å². The normalized spacial score (nSPS) is 19.2. The summed E-state index contributed by atoms with van der Waals surface area (Å²) >= 11 is 0. The molecule has 2 aromatic carbocycles. The van der Waals surface area contributed by atoms with Crippen LogP contribution >= 0.6 is 0 Å². The fourth-order valence-electron chi connectivity index (χ4n) is 5.78. The molecule has 7 heteroatoms. The second kappa shape index (κ2) is 8.71. The molecule has 0 bridgehead atoms. The summed E-state index contributed by atoms with van der Waals surface area (Å²) in [6.45, 7) is 7.51.